The Morgan fingerprint density at radius 1 is 0.667 bits per heavy atom. The number of hydrogen-bond donors (Lipinski definition) is 0. The molecule has 1 aliphatic rings. The van der Waals surface area contributed by atoms with E-state index >= 15 is 0 Å². The minimum Gasteiger partial charge on any atom is -0.493 e. The van der Waals surface area contributed by atoms with E-state index in [4.69, 9.17) is 18.9 Å². The highest BCUT2D eigenvalue weighted by atomic mass is 16.5. The van der Waals surface area contributed by atoms with Crippen LogP contribution in [0.15, 0.2) is 66.7 Å². The summed E-state index contributed by atoms with van der Waals surface area (Å²) in [6, 6.07) is 23.0. The topological polar surface area (TPSA) is 43.4 Å². The van der Waals surface area contributed by atoms with Crippen molar-refractivity contribution in [1.29, 1.82) is 0 Å². The van der Waals surface area contributed by atoms with Gasteiger partial charge in [0, 0.05) is 45.7 Å². The van der Waals surface area contributed by atoms with Crippen LogP contribution in [0.1, 0.15) is 23.1 Å². The predicted molar refractivity (Wildman–Crippen MR) is 144 cm³/mol. The van der Waals surface area contributed by atoms with E-state index in [-0.39, 0.29) is 0 Å². The second kappa shape index (κ2) is 13.2. The molecule has 0 aromatic heterocycles. The van der Waals surface area contributed by atoms with Gasteiger partial charge in [-0.1, -0.05) is 48.5 Å². The van der Waals surface area contributed by atoms with E-state index in [1.807, 2.05) is 12.1 Å². The van der Waals surface area contributed by atoms with Crippen LogP contribution < -0.4 is 18.9 Å². The van der Waals surface area contributed by atoms with Crippen LogP contribution in [0.5, 0.6) is 23.0 Å². The van der Waals surface area contributed by atoms with Crippen LogP contribution in [0.2, 0.25) is 0 Å². The van der Waals surface area contributed by atoms with Crippen molar-refractivity contribution in [2.75, 3.05) is 60.7 Å². The zero-order valence-electron chi connectivity index (χ0n) is 21.7. The molecule has 6 heteroatoms. The predicted octanol–water partition coefficient (Wildman–Crippen LogP) is 4.89. The zero-order chi connectivity index (χ0) is 25.2. The third kappa shape index (κ3) is 6.93. The van der Waals surface area contributed by atoms with Gasteiger partial charge < -0.3 is 23.8 Å². The van der Waals surface area contributed by atoms with E-state index in [9.17, 15) is 0 Å². The summed E-state index contributed by atoms with van der Waals surface area (Å²) in [4.78, 5) is 5.01. The summed E-state index contributed by atoms with van der Waals surface area (Å²) in [7, 11) is 4.95. The summed E-state index contributed by atoms with van der Waals surface area (Å²) < 4.78 is 22.6. The van der Waals surface area contributed by atoms with Gasteiger partial charge in [-0.05, 0) is 41.3 Å². The maximum atomic E-state index is 6.19. The monoisotopic (exact) mass is 490 g/mol. The molecule has 0 saturated carbocycles. The van der Waals surface area contributed by atoms with Crippen molar-refractivity contribution in [2.45, 2.75) is 19.4 Å². The van der Waals surface area contributed by atoms with Gasteiger partial charge in [-0.25, -0.2) is 0 Å². The standard InChI is InChI=1S/C30H38N2O4/c1-33-28-21-25(22-29(34-2)30(28)35-3)23-32-17-15-31(16-18-32)14-9-19-36-27-13-8-7-12-26(27)20-24-10-5-4-6-11-24/h4-8,10-13,21-22H,9,14-20,23H2,1-3H3. The molecule has 0 bridgehead atoms. The van der Waals surface area contributed by atoms with E-state index in [2.05, 4.69) is 64.4 Å². The molecule has 1 aliphatic heterocycles. The Morgan fingerprint density at radius 3 is 1.97 bits per heavy atom. The smallest absolute Gasteiger partial charge is 0.203 e. The Balaban J connectivity index is 1.21. The molecule has 1 saturated heterocycles. The summed E-state index contributed by atoms with van der Waals surface area (Å²) in [5.74, 6) is 3.04. The largest absolute Gasteiger partial charge is 0.493 e. The Kier molecular flexibility index (Phi) is 9.47. The van der Waals surface area contributed by atoms with Gasteiger partial charge in [0.1, 0.15) is 5.75 Å². The number of hydrogen-bond acceptors (Lipinski definition) is 6. The van der Waals surface area contributed by atoms with Gasteiger partial charge in [0.2, 0.25) is 5.75 Å². The molecule has 36 heavy (non-hydrogen) atoms. The Labute approximate surface area is 215 Å². The number of rotatable bonds is 12. The van der Waals surface area contributed by atoms with Gasteiger partial charge in [-0.15, -0.1) is 0 Å². The molecule has 0 spiro atoms. The molecule has 6 nitrogen and oxygen atoms in total. The van der Waals surface area contributed by atoms with Crippen molar-refractivity contribution in [2.24, 2.45) is 0 Å². The Morgan fingerprint density at radius 2 is 1.31 bits per heavy atom. The second-order valence-electron chi connectivity index (χ2n) is 9.12. The van der Waals surface area contributed by atoms with E-state index < -0.39 is 0 Å². The second-order valence-corrected chi connectivity index (χ2v) is 9.12. The van der Waals surface area contributed by atoms with E-state index in [0.717, 1.165) is 64.5 Å². The van der Waals surface area contributed by atoms with Crippen molar-refractivity contribution in [3.05, 3.63) is 83.4 Å². The van der Waals surface area contributed by atoms with Crippen molar-refractivity contribution in [3.63, 3.8) is 0 Å². The van der Waals surface area contributed by atoms with Crippen molar-refractivity contribution < 1.29 is 18.9 Å². The van der Waals surface area contributed by atoms with Gasteiger partial charge in [0.05, 0.1) is 27.9 Å². The van der Waals surface area contributed by atoms with Crippen LogP contribution in [-0.2, 0) is 13.0 Å². The Hall–Kier alpha value is -3.22. The Bertz CT molecular complexity index is 1060. The summed E-state index contributed by atoms with van der Waals surface area (Å²) >= 11 is 0. The zero-order valence-corrected chi connectivity index (χ0v) is 21.7. The van der Waals surface area contributed by atoms with Crippen LogP contribution in [0.25, 0.3) is 0 Å². The quantitative estimate of drug-likeness (QED) is 0.337. The molecule has 0 aliphatic carbocycles. The lowest BCUT2D eigenvalue weighted by Crippen LogP contribution is -2.46. The van der Waals surface area contributed by atoms with Crippen LogP contribution in [0, 0.1) is 0 Å². The summed E-state index contributed by atoms with van der Waals surface area (Å²) in [6.45, 7) is 6.86. The average Bonchev–Trinajstić information content (AvgIpc) is 2.92. The van der Waals surface area contributed by atoms with E-state index in [1.165, 1.54) is 16.7 Å². The summed E-state index contributed by atoms with van der Waals surface area (Å²) in [5, 5.41) is 0. The number of nitrogens with zero attached hydrogens (tertiary/aromatic N) is 2. The number of benzene rings is 3. The van der Waals surface area contributed by atoms with Crippen LogP contribution >= 0.6 is 0 Å². The highest BCUT2D eigenvalue weighted by Gasteiger charge is 2.19. The first kappa shape index (κ1) is 25.9. The fourth-order valence-electron chi connectivity index (χ4n) is 4.73. The van der Waals surface area contributed by atoms with Gasteiger partial charge in [0.15, 0.2) is 11.5 Å². The number of methoxy groups -OCH3 is 3. The molecule has 0 radical (unpaired) electrons. The molecule has 0 amide bonds. The van der Waals surface area contributed by atoms with Crippen LogP contribution in [0.3, 0.4) is 0 Å². The minimum atomic E-state index is 0.637. The minimum absolute atomic E-state index is 0.637. The van der Waals surface area contributed by atoms with Crippen molar-refractivity contribution in [1.82, 2.24) is 9.80 Å². The molecule has 3 aromatic carbocycles. The first-order valence-electron chi connectivity index (χ1n) is 12.7. The third-order valence-electron chi connectivity index (χ3n) is 6.68. The third-order valence-corrected chi connectivity index (χ3v) is 6.68. The van der Waals surface area contributed by atoms with Gasteiger partial charge in [0.25, 0.3) is 0 Å². The van der Waals surface area contributed by atoms with E-state index in [1.54, 1.807) is 21.3 Å². The number of piperazine rings is 1. The molecule has 0 atom stereocenters. The normalized spacial score (nSPS) is 14.4. The first-order chi connectivity index (χ1) is 17.7. The number of ether oxygens (including phenoxy) is 4. The van der Waals surface area contributed by atoms with Crippen molar-refractivity contribution in [3.8, 4) is 23.0 Å². The fraction of sp³-hybridized carbons (Fsp3) is 0.400. The van der Waals surface area contributed by atoms with Crippen LogP contribution in [-0.4, -0.2) is 70.5 Å². The highest BCUT2D eigenvalue weighted by molar-refractivity contribution is 5.53. The summed E-state index contributed by atoms with van der Waals surface area (Å²) in [6.07, 6.45) is 1.91. The first-order valence-corrected chi connectivity index (χ1v) is 12.7. The SMILES string of the molecule is COc1cc(CN2CCN(CCCOc3ccccc3Cc3ccccc3)CC2)cc(OC)c1OC. The van der Waals surface area contributed by atoms with Crippen LogP contribution in [0.4, 0.5) is 0 Å². The lowest BCUT2D eigenvalue weighted by Gasteiger charge is -2.34. The van der Waals surface area contributed by atoms with Crippen molar-refractivity contribution >= 4 is 0 Å². The van der Waals surface area contributed by atoms with Gasteiger partial charge in [-0.3, -0.25) is 4.90 Å². The molecule has 192 valence electrons. The molecule has 0 N–H and O–H groups in total. The molecule has 1 fully saturated rings. The maximum absolute atomic E-state index is 6.19. The van der Waals surface area contributed by atoms with E-state index in [0.29, 0.717) is 17.2 Å². The van der Waals surface area contributed by atoms with Gasteiger partial charge in [-0.2, -0.15) is 0 Å². The molecule has 4 rings (SSSR count). The fourth-order valence-corrected chi connectivity index (χ4v) is 4.73. The maximum Gasteiger partial charge on any atom is 0.203 e. The summed E-state index contributed by atoms with van der Waals surface area (Å²) in [5.41, 5.74) is 3.71. The highest BCUT2D eigenvalue weighted by Crippen LogP contribution is 2.38. The molecule has 0 unspecified atom stereocenters. The lowest BCUT2D eigenvalue weighted by atomic mass is 10.0. The molecular formula is C30H38N2O4. The average molecular weight is 491 g/mol. The molecule has 3 aromatic rings. The lowest BCUT2D eigenvalue weighted by molar-refractivity contribution is 0.121. The number of para-hydroxylation sites is 1. The molecule has 1 heterocycles. The molecular weight excluding hydrogens is 452 g/mol. The van der Waals surface area contributed by atoms with Gasteiger partial charge >= 0.3 is 0 Å².